The number of benzene rings is 1. The van der Waals surface area contributed by atoms with Crippen LogP contribution in [-0.4, -0.2) is 24.5 Å². The van der Waals surface area contributed by atoms with Crippen LogP contribution in [0.5, 0.6) is 0 Å². The third-order valence-electron chi connectivity index (χ3n) is 2.62. The summed E-state index contributed by atoms with van der Waals surface area (Å²) >= 11 is 5.38. The smallest absolute Gasteiger partial charge is 0.0608 e. The monoisotopic (exact) mass is 301 g/mol. The van der Waals surface area contributed by atoms with E-state index in [1.54, 1.807) is 0 Å². The van der Waals surface area contributed by atoms with Gasteiger partial charge in [-0.05, 0) is 24.6 Å². The minimum Gasteiger partial charge on any atom is -0.379 e. The first-order valence-corrected chi connectivity index (χ1v) is 7.14. The van der Waals surface area contributed by atoms with E-state index in [0.717, 1.165) is 17.7 Å². The van der Waals surface area contributed by atoms with E-state index in [1.165, 1.54) is 5.56 Å². The van der Waals surface area contributed by atoms with E-state index in [4.69, 9.17) is 10.5 Å². The van der Waals surface area contributed by atoms with Crippen LogP contribution in [0.2, 0.25) is 0 Å². The molecule has 0 saturated carbocycles. The Morgan fingerprint density at radius 3 is 2.44 bits per heavy atom. The summed E-state index contributed by atoms with van der Waals surface area (Å²) in [5, 5.41) is 0.974. The lowest BCUT2D eigenvalue weighted by molar-refractivity contribution is 0.0452. The third-order valence-corrected chi connectivity index (χ3v) is 4.80. The molecule has 16 heavy (non-hydrogen) atoms. The van der Waals surface area contributed by atoms with E-state index in [2.05, 4.69) is 47.1 Å². The van der Waals surface area contributed by atoms with Crippen molar-refractivity contribution in [1.29, 1.82) is 0 Å². The molecule has 0 radical (unpaired) electrons. The van der Waals surface area contributed by atoms with Gasteiger partial charge in [-0.15, -0.1) is 11.8 Å². The van der Waals surface area contributed by atoms with Crippen molar-refractivity contribution >= 4 is 27.7 Å². The largest absolute Gasteiger partial charge is 0.379 e. The van der Waals surface area contributed by atoms with E-state index in [1.807, 2.05) is 11.8 Å². The van der Waals surface area contributed by atoms with Gasteiger partial charge in [0.15, 0.2) is 0 Å². The molecule has 1 saturated heterocycles. The summed E-state index contributed by atoms with van der Waals surface area (Å²) in [6.45, 7) is 3.80. The molecule has 2 nitrogen and oxygen atoms in total. The van der Waals surface area contributed by atoms with E-state index >= 15 is 0 Å². The first kappa shape index (κ1) is 12.4. The van der Waals surface area contributed by atoms with Crippen molar-refractivity contribution in [3.63, 3.8) is 0 Å². The second kappa shape index (κ2) is 5.54. The van der Waals surface area contributed by atoms with Crippen LogP contribution in [0.15, 0.2) is 28.7 Å². The molecule has 1 fully saturated rings. The molecule has 0 spiro atoms. The summed E-state index contributed by atoms with van der Waals surface area (Å²) in [4.78, 5) is 0. The number of rotatable bonds is 4. The van der Waals surface area contributed by atoms with Crippen LogP contribution in [0.25, 0.3) is 0 Å². The van der Waals surface area contributed by atoms with E-state index in [-0.39, 0.29) is 6.04 Å². The van der Waals surface area contributed by atoms with Gasteiger partial charge >= 0.3 is 0 Å². The Hall–Kier alpha value is -0.0300. The minimum atomic E-state index is 0.159. The van der Waals surface area contributed by atoms with Gasteiger partial charge in [0.2, 0.25) is 0 Å². The summed E-state index contributed by atoms with van der Waals surface area (Å²) in [5.41, 5.74) is 7.36. The summed E-state index contributed by atoms with van der Waals surface area (Å²) in [7, 11) is 0. The van der Waals surface area contributed by atoms with E-state index in [9.17, 15) is 0 Å². The lowest BCUT2D eigenvalue weighted by Gasteiger charge is -2.31. The van der Waals surface area contributed by atoms with Gasteiger partial charge in [0.25, 0.3) is 0 Å². The van der Waals surface area contributed by atoms with Gasteiger partial charge in [0.1, 0.15) is 0 Å². The third kappa shape index (κ3) is 3.00. The number of hydrogen-bond acceptors (Lipinski definition) is 3. The van der Waals surface area contributed by atoms with Gasteiger partial charge in [-0.3, -0.25) is 0 Å². The lowest BCUT2D eigenvalue weighted by atomic mass is 10.1. The minimum absolute atomic E-state index is 0.159. The molecule has 4 heteroatoms. The lowest BCUT2D eigenvalue weighted by Crippen LogP contribution is -2.34. The van der Waals surface area contributed by atoms with Gasteiger partial charge in [-0.1, -0.05) is 28.1 Å². The molecule has 0 aromatic heterocycles. The van der Waals surface area contributed by atoms with Crippen molar-refractivity contribution in [2.45, 2.75) is 23.5 Å². The van der Waals surface area contributed by atoms with Crippen molar-refractivity contribution < 1.29 is 4.74 Å². The quantitative estimate of drug-likeness (QED) is 0.928. The first-order chi connectivity index (χ1) is 7.66. The van der Waals surface area contributed by atoms with Crippen molar-refractivity contribution in [2.75, 3.05) is 13.2 Å². The number of nitrogens with two attached hydrogens (primary N) is 1. The number of ether oxygens (including phenoxy) is 1. The van der Waals surface area contributed by atoms with E-state index in [0.29, 0.717) is 10.5 Å². The second-order valence-corrected chi connectivity index (χ2v) is 6.49. The SMILES string of the molecule is CC(N)C(SC1COC1)c1ccc(Br)cc1. The fraction of sp³-hybridized carbons (Fsp3) is 0.500. The Morgan fingerprint density at radius 1 is 1.38 bits per heavy atom. The van der Waals surface area contributed by atoms with Crippen LogP contribution in [-0.2, 0) is 4.74 Å². The fourth-order valence-corrected chi connectivity index (χ4v) is 3.25. The van der Waals surface area contributed by atoms with Gasteiger partial charge < -0.3 is 10.5 Å². The van der Waals surface area contributed by atoms with Gasteiger partial charge in [0, 0.05) is 15.8 Å². The zero-order valence-electron chi connectivity index (χ0n) is 9.23. The second-order valence-electron chi connectivity index (χ2n) is 4.13. The molecule has 2 unspecified atom stereocenters. The van der Waals surface area contributed by atoms with Crippen molar-refractivity contribution in [1.82, 2.24) is 0 Å². The highest BCUT2D eigenvalue weighted by molar-refractivity contribution is 9.10. The average Bonchev–Trinajstić information content (AvgIpc) is 2.18. The van der Waals surface area contributed by atoms with Crippen LogP contribution >= 0.6 is 27.7 Å². The predicted octanol–water partition coefficient (Wildman–Crippen LogP) is 2.97. The maximum atomic E-state index is 6.06. The molecule has 1 aliphatic heterocycles. The molecule has 1 aromatic carbocycles. The van der Waals surface area contributed by atoms with Crippen LogP contribution in [0.3, 0.4) is 0 Å². The highest BCUT2D eigenvalue weighted by Crippen LogP contribution is 2.37. The molecule has 0 aliphatic carbocycles. The molecule has 2 atom stereocenters. The van der Waals surface area contributed by atoms with Gasteiger partial charge in [0.05, 0.1) is 18.5 Å². The van der Waals surface area contributed by atoms with Crippen molar-refractivity contribution in [3.05, 3.63) is 34.3 Å². The molecule has 88 valence electrons. The van der Waals surface area contributed by atoms with Crippen LogP contribution in [0.4, 0.5) is 0 Å². The highest BCUT2D eigenvalue weighted by atomic mass is 79.9. The Labute approximate surface area is 109 Å². The highest BCUT2D eigenvalue weighted by Gasteiger charge is 2.26. The normalized spacial score (nSPS) is 20.2. The van der Waals surface area contributed by atoms with Crippen molar-refractivity contribution in [3.8, 4) is 0 Å². The standard InChI is InChI=1S/C12H16BrNOS/c1-8(14)12(16-11-6-15-7-11)9-2-4-10(13)5-3-9/h2-5,8,11-12H,6-7,14H2,1H3. The first-order valence-electron chi connectivity index (χ1n) is 5.41. The molecular formula is C12H16BrNOS. The predicted molar refractivity (Wildman–Crippen MR) is 72.7 cm³/mol. The van der Waals surface area contributed by atoms with Gasteiger partial charge in [-0.25, -0.2) is 0 Å². The molecule has 1 aliphatic rings. The number of thioether (sulfide) groups is 1. The Balaban J connectivity index is 2.08. The maximum Gasteiger partial charge on any atom is 0.0608 e. The molecule has 0 amide bonds. The molecule has 2 rings (SSSR count). The maximum absolute atomic E-state index is 6.06. The zero-order valence-corrected chi connectivity index (χ0v) is 11.6. The fourth-order valence-electron chi connectivity index (χ4n) is 1.66. The Kier molecular flexibility index (Phi) is 4.30. The summed E-state index contributed by atoms with van der Waals surface area (Å²) < 4.78 is 6.31. The number of halogens is 1. The molecular weight excluding hydrogens is 286 g/mol. The topological polar surface area (TPSA) is 35.2 Å². The van der Waals surface area contributed by atoms with Crippen LogP contribution in [0.1, 0.15) is 17.7 Å². The summed E-state index contributed by atoms with van der Waals surface area (Å²) in [6.07, 6.45) is 0. The average molecular weight is 302 g/mol. The zero-order chi connectivity index (χ0) is 11.5. The van der Waals surface area contributed by atoms with Crippen LogP contribution < -0.4 is 5.73 Å². The summed E-state index contributed by atoms with van der Waals surface area (Å²) in [6, 6.07) is 8.59. The summed E-state index contributed by atoms with van der Waals surface area (Å²) in [5.74, 6) is 0. The van der Waals surface area contributed by atoms with E-state index < -0.39 is 0 Å². The molecule has 1 heterocycles. The molecule has 1 aromatic rings. The molecule has 0 bridgehead atoms. The number of hydrogen-bond donors (Lipinski definition) is 1. The van der Waals surface area contributed by atoms with Crippen LogP contribution in [0, 0.1) is 0 Å². The van der Waals surface area contributed by atoms with Crippen molar-refractivity contribution in [2.24, 2.45) is 5.73 Å². The van der Waals surface area contributed by atoms with Gasteiger partial charge in [-0.2, -0.15) is 0 Å². The Bertz CT molecular complexity index is 337. The Morgan fingerprint density at radius 2 is 2.00 bits per heavy atom. The molecule has 2 N–H and O–H groups in total.